The van der Waals surface area contributed by atoms with E-state index in [-0.39, 0.29) is 11.4 Å². The minimum atomic E-state index is -0.142. The molecule has 2 aliphatic rings. The van der Waals surface area contributed by atoms with Gasteiger partial charge in [-0.2, -0.15) is 0 Å². The molecule has 4 rings (SSSR count). The number of aromatic nitrogens is 2. The van der Waals surface area contributed by atoms with E-state index in [1.54, 1.807) is 6.92 Å². The molecular formula is C17H22N4O3. The van der Waals surface area contributed by atoms with E-state index in [1.165, 1.54) is 6.33 Å². The lowest BCUT2D eigenvalue weighted by Gasteiger charge is -2.13. The Labute approximate surface area is 140 Å². The van der Waals surface area contributed by atoms with Gasteiger partial charge in [-0.25, -0.2) is 9.97 Å². The van der Waals surface area contributed by atoms with Gasteiger partial charge in [-0.3, -0.25) is 4.79 Å². The fraction of sp³-hybridized carbons (Fsp3) is 0.588. The Kier molecular flexibility index (Phi) is 3.68. The third-order valence-corrected chi connectivity index (χ3v) is 4.89. The molecule has 1 aliphatic carbocycles. The van der Waals surface area contributed by atoms with E-state index >= 15 is 0 Å². The van der Waals surface area contributed by atoms with Gasteiger partial charge in [0.15, 0.2) is 0 Å². The highest BCUT2D eigenvalue weighted by Gasteiger charge is 2.38. The molecule has 2 N–H and O–H groups in total. The van der Waals surface area contributed by atoms with Crippen LogP contribution in [0, 0.1) is 12.8 Å². The molecule has 7 nitrogen and oxygen atoms in total. The van der Waals surface area contributed by atoms with Crippen LogP contribution in [-0.2, 0) is 4.74 Å². The van der Waals surface area contributed by atoms with Gasteiger partial charge in [-0.05, 0) is 33.1 Å². The van der Waals surface area contributed by atoms with Crippen molar-refractivity contribution in [1.29, 1.82) is 0 Å². The first-order valence-electron chi connectivity index (χ1n) is 8.44. The molecule has 2 fully saturated rings. The minimum absolute atomic E-state index is 0.0569. The molecule has 2 aromatic rings. The first kappa shape index (κ1) is 15.4. The normalized spacial score (nSPS) is 21.8. The third kappa shape index (κ3) is 2.84. The van der Waals surface area contributed by atoms with Crippen molar-refractivity contribution in [2.45, 2.75) is 38.6 Å². The van der Waals surface area contributed by atoms with Gasteiger partial charge in [0.2, 0.25) is 5.71 Å². The molecule has 128 valence electrons. The molecule has 3 heterocycles. The Morgan fingerprint density at radius 1 is 1.42 bits per heavy atom. The Balaban J connectivity index is 1.63. The van der Waals surface area contributed by atoms with Crippen molar-refractivity contribution in [2.24, 2.45) is 5.92 Å². The maximum Gasteiger partial charge on any atom is 0.255 e. The number of hydrogen-bond donors (Lipinski definition) is 2. The quantitative estimate of drug-likeness (QED) is 0.874. The molecule has 7 heteroatoms. The van der Waals surface area contributed by atoms with E-state index < -0.39 is 0 Å². The predicted octanol–water partition coefficient (Wildman–Crippen LogP) is 2.26. The number of nitrogens with one attached hydrogen (secondary N) is 2. The van der Waals surface area contributed by atoms with Crippen molar-refractivity contribution in [2.75, 3.05) is 25.1 Å². The van der Waals surface area contributed by atoms with Gasteiger partial charge < -0.3 is 19.8 Å². The van der Waals surface area contributed by atoms with Crippen LogP contribution in [-0.4, -0.2) is 41.2 Å². The average molecular weight is 330 g/mol. The number of aryl methyl sites for hydroxylation is 1. The number of fused-ring (bicyclic) bond motifs is 1. The Morgan fingerprint density at radius 3 is 2.96 bits per heavy atom. The van der Waals surface area contributed by atoms with Crippen LogP contribution in [0.15, 0.2) is 10.7 Å². The summed E-state index contributed by atoms with van der Waals surface area (Å²) in [5.74, 6) is 1.48. The number of amides is 1. The second-order valence-electron chi connectivity index (χ2n) is 7.06. The first-order valence-corrected chi connectivity index (χ1v) is 8.44. The van der Waals surface area contributed by atoms with Crippen LogP contribution in [0.4, 0.5) is 5.82 Å². The van der Waals surface area contributed by atoms with Crippen molar-refractivity contribution in [3.8, 4) is 0 Å². The van der Waals surface area contributed by atoms with Gasteiger partial charge in [0.1, 0.15) is 17.9 Å². The minimum Gasteiger partial charge on any atom is -0.442 e. The molecule has 1 atom stereocenters. The molecule has 24 heavy (non-hydrogen) atoms. The molecule has 1 aliphatic heterocycles. The molecule has 0 aromatic carbocycles. The van der Waals surface area contributed by atoms with E-state index in [1.807, 2.05) is 0 Å². The van der Waals surface area contributed by atoms with Gasteiger partial charge in [0, 0.05) is 24.6 Å². The van der Waals surface area contributed by atoms with E-state index in [9.17, 15) is 4.79 Å². The van der Waals surface area contributed by atoms with E-state index in [4.69, 9.17) is 9.15 Å². The number of hydrogen-bond acceptors (Lipinski definition) is 6. The second-order valence-corrected chi connectivity index (χ2v) is 7.06. The molecule has 1 amide bonds. The van der Waals surface area contributed by atoms with Gasteiger partial charge in [0.25, 0.3) is 5.91 Å². The molecule has 2 aromatic heterocycles. The van der Waals surface area contributed by atoms with Crippen molar-refractivity contribution in [3.63, 3.8) is 0 Å². The Hall–Kier alpha value is -2.15. The van der Waals surface area contributed by atoms with Crippen LogP contribution in [0.2, 0.25) is 0 Å². The highest BCUT2D eigenvalue weighted by atomic mass is 16.5. The smallest absolute Gasteiger partial charge is 0.255 e. The predicted molar refractivity (Wildman–Crippen MR) is 89.1 cm³/mol. The maximum atomic E-state index is 12.7. The first-order chi connectivity index (χ1) is 11.6. The molecule has 1 unspecified atom stereocenters. The summed E-state index contributed by atoms with van der Waals surface area (Å²) in [6.07, 6.45) is 4.65. The lowest BCUT2D eigenvalue weighted by atomic mass is 10.1. The zero-order valence-corrected chi connectivity index (χ0v) is 14.0. The molecule has 0 bridgehead atoms. The monoisotopic (exact) mass is 330 g/mol. The maximum absolute atomic E-state index is 12.7. The number of rotatable bonds is 5. The van der Waals surface area contributed by atoms with Crippen LogP contribution in [0.25, 0.3) is 11.1 Å². The largest absolute Gasteiger partial charge is 0.442 e. The lowest BCUT2D eigenvalue weighted by molar-refractivity contribution is 0.0945. The Bertz CT molecular complexity index is 775. The van der Waals surface area contributed by atoms with Crippen LogP contribution in [0.5, 0.6) is 0 Å². The van der Waals surface area contributed by atoms with Crippen molar-refractivity contribution in [1.82, 2.24) is 15.3 Å². The Morgan fingerprint density at radius 2 is 2.25 bits per heavy atom. The molecule has 1 saturated heterocycles. The van der Waals surface area contributed by atoms with E-state index in [2.05, 4.69) is 27.5 Å². The molecule has 1 saturated carbocycles. The number of carbonyl (C=O) groups excluding carboxylic acids is 1. The summed E-state index contributed by atoms with van der Waals surface area (Å²) in [7, 11) is 0. The summed E-state index contributed by atoms with van der Waals surface area (Å²) < 4.78 is 11.0. The van der Waals surface area contributed by atoms with Gasteiger partial charge in [0.05, 0.1) is 17.6 Å². The fourth-order valence-corrected chi connectivity index (χ4v) is 3.08. The van der Waals surface area contributed by atoms with Crippen molar-refractivity contribution < 1.29 is 13.9 Å². The van der Waals surface area contributed by atoms with E-state index in [0.717, 1.165) is 25.9 Å². The van der Waals surface area contributed by atoms with Gasteiger partial charge in [-0.15, -0.1) is 0 Å². The number of anilines is 1. The number of ether oxygens (including phenoxy) is 1. The topological polar surface area (TPSA) is 89.3 Å². The molecule has 0 radical (unpaired) electrons. The van der Waals surface area contributed by atoms with Crippen LogP contribution in [0.1, 0.15) is 42.3 Å². The standard InChI is InChI=1S/C17H22N4O3/c1-10-12(15(22)18-7-11-3-6-23-8-11)13-14(21-17(2)4-5-17)19-9-20-16(13)24-10/h9,11H,3-8H2,1-2H3,(H,18,22)(H,19,20,21). The summed E-state index contributed by atoms with van der Waals surface area (Å²) in [6.45, 7) is 6.03. The van der Waals surface area contributed by atoms with Crippen molar-refractivity contribution >= 4 is 22.8 Å². The van der Waals surface area contributed by atoms with Gasteiger partial charge >= 0.3 is 0 Å². The molecule has 0 spiro atoms. The summed E-state index contributed by atoms with van der Waals surface area (Å²) in [5, 5.41) is 7.10. The number of carbonyl (C=O) groups is 1. The second kappa shape index (κ2) is 5.73. The summed E-state index contributed by atoms with van der Waals surface area (Å²) >= 11 is 0. The highest BCUT2D eigenvalue weighted by molar-refractivity contribution is 6.10. The average Bonchev–Trinajstić information content (AvgIpc) is 2.98. The zero-order chi connectivity index (χ0) is 16.7. The van der Waals surface area contributed by atoms with Crippen LogP contribution >= 0.6 is 0 Å². The molecular weight excluding hydrogens is 308 g/mol. The lowest BCUT2D eigenvalue weighted by Crippen LogP contribution is -2.30. The van der Waals surface area contributed by atoms with E-state index in [0.29, 0.717) is 47.3 Å². The number of furan rings is 1. The zero-order valence-electron chi connectivity index (χ0n) is 14.0. The van der Waals surface area contributed by atoms with Crippen molar-refractivity contribution in [3.05, 3.63) is 17.7 Å². The number of nitrogens with zero attached hydrogens (tertiary/aromatic N) is 2. The third-order valence-electron chi connectivity index (χ3n) is 4.89. The fourth-order valence-electron chi connectivity index (χ4n) is 3.08. The van der Waals surface area contributed by atoms with Gasteiger partial charge in [-0.1, -0.05) is 0 Å². The summed E-state index contributed by atoms with van der Waals surface area (Å²) in [4.78, 5) is 21.3. The summed E-state index contributed by atoms with van der Waals surface area (Å²) in [5.41, 5.74) is 1.03. The van der Waals surface area contributed by atoms with Crippen LogP contribution in [0.3, 0.4) is 0 Å². The summed E-state index contributed by atoms with van der Waals surface area (Å²) in [6, 6.07) is 0. The highest BCUT2D eigenvalue weighted by Crippen LogP contribution is 2.40. The SMILES string of the molecule is Cc1oc2ncnc(NC3(C)CC3)c2c1C(=O)NCC1CCOC1. The van der Waals surface area contributed by atoms with Crippen LogP contribution < -0.4 is 10.6 Å².